The average Bonchev–Trinajstić information content (AvgIpc) is 3.10. The third-order valence-electron chi connectivity index (χ3n) is 4.12. The van der Waals surface area contributed by atoms with Gasteiger partial charge in [-0.15, -0.1) is 0 Å². The predicted octanol–water partition coefficient (Wildman–Crippen LogP) is 4.71. The van der Waals surface area contributed by atoms with Gasteiger partial charge >= 0.3 is 0 Å². The maximum absolute atomic E-state index is 11.0. The molecule has 1 saturated heterocycles. The molecule has 0 aliphatic carbocycles. The van der Waals surface area contributed by atoms with Crippen molar-refractivity contribution in [3.05, 3.63) is 47.5 Å². The molecule has 0 bridgehead atoms. The minimum atomic E-state index is -0.0999. The van der Waals surface area contributed by atoms with E-state index in [1.807, 2.05) is 42.5 Å². The smallest absolute Gasteiger partial charge is 0.221 e. The highest BCUT2D eigenvalue weighted by molar-refractivity contribution is 7.80. The summed E-state index contributed by atoms with van der Waals surface area (Å²) in [4.78, 5) is 13.3. The van der Waals surface area contributed by atoms with E-state index in [0.29, 0.717) is 5.11 Å². The third-order valence-corrected chi connectivity index (χ3v) is 4.62. The van der Waals surface area contributed by atoms with Gasteiger partial charge in [0.15, 0.2) is 5.11 Å². The van der Waals surface area contributed by atoms with Gasteiger partial charge in [0.25, 0.3) is 0 Å². The zero-order chi connectivity index (χ0) is 18.5. The van der Waals surface area contributed by atoms with E-state index in [0.717, 1.165) is 40.9 Å². The lowest BCUT2D eigenvalue weighted by Gasteiger charge is -2.20. The Balaban J connectivity index is 1.59. The minimum absolute atomic E-state index is 0.0999. The van der Waals surface area contributed by atoms with Gasteiger partial charge in [0.2, 0.25) is 5.91 Å². The SMILES string of the molecule is CC(=O)Nc1ccc(NC(=S)Nc2ccc(N3CCCC3)c(Cl)c2)cc1. The van der Waals surface area contributed by atoms with Gasteiger partial charge in [-0.2, -0.15) is 0 Å². The van der Waals surface area contributed by atoms with Crippen molar-refractivity contribution in [2.75, 3.05) is 33.9 Å². The van der Waals surface area contributed by atoms with Gasteiger partial charge in [0, 0.05) is 37.1 Å². The van der Waals surface area contributed by atoms with Gasteiger partial charge in [0.1, 0.15) is 0 Å². The van der Waals surface area contributed by atoms with Gasteiger partial charge in [-0.05, 0) is 67.5 Å². The van der Waals surface area contributed by atoms with Crippen LogP contribution in [0.2, 0.25) is 5.02 Å². The fourth-order valence-electron chi connectivity index (χ4n) is 2.93. The maximum Gasteiger partial charge on any atom is 0.221 e. The van der Waals surface area contributed by atoms with E-state index in [9.17, 15) is 4.79 Å². The number of anilines is 4. The first-order valence-corrected chi connectivity index (χ1v) is 9.30. The van der Waals surface area contributed by atoms with Crippen LogP contribution in [0.1, 0.15) is 19.8 Å². The van der Waals surface area contributed by atoms with Crippen molar-refractivity contribution in [2.24, 2.45) is 0 Å². The van der Waals surface area contributed by atoms with Crippen LogP contribution < -0.4 is 20.9 Å². The van der Waals surface area contributed by atoms with Crippen molar-refractivity contribution < 1.29 is 4.79 Å². The van der Waals surface area contributed by atoms with Crippen LogP contribution in [0, 0.1) is 0 Å². The van der Waals surface area contributed by atoms with Crippen LogP contribution in [0.3, 0.4) is 0 Å². The normalized spacial score (nSPS) is 13.4. The quantitative estimate of drug-likeness (QED) is 0.662. The summed E-state index contributed by atoms with van der Waals surface area (Å²) in [6.45, 7) is 3.59. The van der Waals surface area contributed by atoms with Crippen LogP contribution in [0.5, 0.6) is 0 Å². The maximum atomic E-state index is 11.0. The van der Waals surface area contributed by atoms with E-state index in [4.69, 9.17) is 23.8 Å². The standard InChI is InChI=1S/C19H21ClN4OS/c1-13(25)21-14-4-6-15(7-5-14)22-19(26)23-16-8-9-18(17(20)12-16)24-10-2-3-11-24/h4-9,12H,2-3,10-11H2,1H3,(H,21,25)(H2,22,23,26). The monoisotopic (exact) mass is 388 g/mol. The van der Waals surface area contributed by atoms with Gasteiger partial charge < -0.3 is 20.9 Å². The summed E-state index contributed by atoms with van der Waals surface area (Å²) in [5.74, 6) is -0.0999. The Hall–Kier alpha value is -2.31. The Morgan fingerprint density at radius 3 is 2.08 bits per heavy atom. The highest BCUT2D eigenvalue weighted by atomic mass is 35.5. The molecule has 3 N–H and O–H groups in total. The molecule has 0 radical (unpaired) electrons. The largest absolute Gasteiger partial charge is 0.370 e. The van der Waals surface area contributed by atoms with Gasteiger partial charge in [0.05, 0.1) is 10.7 Å². The molecule has 5 nitrogen and oxygen atoms in total. The molecule has 26 heavy (non-hydrogen) atoms. The molecule has 1 fully saturated rings. The number of hydrogen-bond acceptors (Lipinski definition) is 3. The Morgan fingerprint density at radius 1 is 0.962 bits per heavy atom. The van der Waals surface area contributed by atoms with Crippen molar-refractivity contribution in [3.8, 4) is 0 Å². The summed E-state index contributed by atoms with van der Waals surface area (Å²) in [6, 6.07) is 13.2. The first-order chi connectivity index (χ1) is 12.5. The molecule has 0 atom stereocenters. The summed E-state index contributed by atoms with van der Waals surface area (Å²) < 4.78 is 0. The van der Waals surface area contributed by atoms with E-state index in [2.05, 4.69) is 20.9 Å². The van der Waals surface area contributed by atoms with Gasteiger partial charge in [-0.3, -0.25) is 4.79 Å². The van der Waals surface area contributed by atoms with Crippen LogP contribution in [0.4, 0.5) is 22.7 Å². The lowest BCUT2D eigenvalue weighted by atomic mass is 10.2. The molecule has 7 heteroatoms. The van der Waals surface area contributed by atoms with E-state index in [1.165, 1.54) is 19.8 Å². The predicted molar refractivity (Wildman–Crippen MR) is 113 cm³/mol. The second-order valence-electron chi connectivity index (χ2n) is 6.20. The number of amides is 1. The van der Waals surface area contributed by atoms with Crippen molar-refractivity contribution in [3.63, 3.8) is 0 Å². The van der Waals surface area contributed by atoms with Crippen LogP contribution >= 0.6 is 23.8 Å². The molecule has 0 unspecified atom stereocenters. The number of halogens is 1. The van der Waals surface area contributed by atoms with E-state index in [-0.39, 0.29) is 5.91 Å². The summed E-state index contributed by atoms with van der Waals surface area (Å²) in [6.07, 6.45) is 2.43. The third kappa shape index (κ3) is 4.86. The number of nitrogens with one attached hydrogen (secondary N) is 3. The Bertz CT molecular complexity index is 804. The molecule has 2 aromatic rings. The van der Waals surface area contributed by atoms with Crippen LogP contribution in [0.25, 0.3) is 0 Å². The summed E-state index contributed by atoms with van der Waals surface area (Å²) in [5, 5.41) is 10.2. The second-order valence-corrected chi connectivity index (χ2v) is 7.01. The second kappa shape index (κ2) is 8.38. The lowest BCUT2D eigenvalue weighted by Crippen LogP contribution is -2.20. The lowest BCUT2D eigenvalue weighted by molar-refractivity contribution is -0.114. The van der Waals surface area contributed by atoms with E-state index >= 15 is 0 Å². The number of carbonyl (C=O) groups is 1. The van der Waals surface area contributed by atoms with Gasteiger partial charge in [-0.25, -0.2) is 0 Å². The zero-order valence-electron chi connectivity index (χ0n) is 14.5. The molecular weight excluding hydrogens is 368 g/mol. The summed E-state index contributed by atoms with van der Waals surface area (Å²) in [7, 11) is 0. The van der Waals surface area contributed by atoms with Crippen molar-refractivity contribution in [2.45, 2.75) is 19.8 Å². The molecule has 136 valence electrons. The molecular formula is C19H21ClN4OS. The Morgan fingerprint density at radius 2 is 1.50 bits per heavy atom. The molecule has 0 saturated carbocycles. The fourth-order valence-corrected chi connectivity index (χ4v) is 3.47. The van der Waals surface area contributed by atoms with Crippen molar-refractivity contribution in [1.29, 1.82) is 0 Å². The zero-order valence-corrected chi connectivity index (χ0v) is 16.1. The van der Waals surface area contributed by atoms with E-state index < -0.39 is 0 Å². The minimum Gasteiger partial charge on any atom is -0.370 e. The highest BCUT2D eigenvalue weighted by Crippen LogP contribution is 2.31. The Kier molecular flexibility index (Phi) is 5.96. The number of thiocarbonyl (C=S) groups is 1. The molecule has 1 aliphatic rings. The topological polar surface area (TPSA) is 56.4 Å². The molecule has 1 heterocycles. The van der Waals surface area contributed by atoms with Crippen LogP contribution in [-0.4, -0.2) is 24.1 Å². The first kappa shape index (κ1) is 18.5. The van der Waals surface area contributed by atoms with Crippen LogP contribution in [-0.2, 0) is 4.79 Å². The molecule has 2 aromatic carbocycles. The number of nitrogens with zero attached hydrogens (tertiary/aromatic N) is 1. The van der Waals surface area contributed by atoms with Gasteiger partial charge in [-0.1, -0.05) is 11.6 Å². The summed E-state index contributed by atoms with van der Waals surface area (Å²) in [5.41, 5.74) is 3.48. The fraction of sp³-hybridized carbons (Fsp3) is 0.263. The van der Waals surface area contributed by atoms with Crippen molar-refractivity contribution >= 4 is 57.6 Å². The first-order valence-electron chi connectivity index (χ1n) is 8.51. The highest BCUT2D eigenvalue weighted by Gasteiger charge is 2.15. The van der Waals surface area contributed by atoms with E-state index in [1.54, 1.807) is 0 Å². The molecule has 1 aliphatic heterocycles. The molecule has 3 rings (SSSR count). The number of benzene rings is 2. The number of hydrogen-bond donors (Lipinski definition) is 3. The number of carbonyl (C=O) groups excluding carboxylic acids is 1. The number of rotatable bonds is 4. The Labute approximate surface area is 163 Å². The molecule has 0 aromatic heterocycles. The molecule has 1 amide bonds. The summed E-state index contributed by atoms with van der Waals surface area (Å²) >= 11 is 11.8. The van der Waals surface area contributed by atoms with Crippen LogP contribution in [0.15, 0.2) is 42.5 Å². The average molecular weight is 389 g/mol. The van der Waals surface area contributed by atoms with Crippen molar-refractivity contribution in [1.82, 2.24) is 0 Å². The molecule has 0 spiro atoms.